The van der Waals surface area contributed by atoms with Gasteiger partial charge in [0.1, 0.15) is 5.82 Å². The van der Waals surface area contributed by atoms with E-state index in [1.165, 1.54) is 12.1 Å². The van der Waals surface area contributed by atoms with Crippen LogP contribution in [0, 0.1) is 5.82 Å². The molecule has 1 saturated heterocycles. The molecule has 2 aromatic carbocycles. The van der Waals surface area contributed by atoms with E-state index in [9.17, 15) is 9.18 Å². The van der Waals surface area contributed by atoms with Crippen molar-refractivity contribution in [2.45, 2.75) is 13.0 Å². The monoisotopic (exact) mass is 419 g/mol. The summed E-state index contributed by atoms with van der Waals surface area (Å²) in [5.41, 5.74) is 2.11. The average Bonchev–Trinajstić information content (AvgIpc) is 2.63. The van der Waals surface area contributed by atoms with Crippen molar-refractivity contribution >= 4 is 27.5 Å². The van der Waals surface area contributed by atoms with Crippen LogP contribution in [0.3, 0.4) is 0 Å². The van der Waals surface area contributed by atoms with Gasteiger partial charge in [0, 0.05) is 36.3 Å². The minimum Gasteiger partial charge on any atom is -0.369 e. The average molecular weight is 420 g/mol. The molecular weight excluding hydrogens is 397 g/mol. The molecule has 1 aliphatic heterocycles. The zero-order valence-corrected chi connectivity index (χ0v) is 16.4. The molecule has 0 aliphatic carbocycles. The van der Waals surface area contributed by atoms with E-state index in [0.29, 0.717) is 6.54 Å². The van der Waals surface area contributed by atoms with Crippen molar-refractivity contribution in [3.05, 3.63) is 64.4 Å². The summed E-state index contributed by atoms with van der Waals surface area (Å²) in [7, 11) is 0. The number of nitrogens with one attached hydrogen (secondary N) is 1. The summed E-state index contributed by atoms with van der Waals surface area (Å²) >= 11 is 3.42. The van der Waals surface area contributed by atoms with Gasteiger partial charge in [-0.05, 0) is 48.9 Å². The molecular formula is C20H23BrFN3O. The molecule has 1 unspecified atom stereocenters. The number of hydrogen-bond donors (Lipinski definition) is 1. The number of piperazine rings is 1. The van der Waals surface area contributed by atoms with E-state index in [0.717, 1.165) is 41.9 Å². The zero-order valence-electron chi connectivity index (χ0n) is 14.8. The molecule has 1 amide bonds. The lowest BCUT2D eigenvalue weighted by Crippen LogP contribution is -2.49. The van der Waals surface area contributed by atoms with Crippen LogP contribution in [-0.2, 0) is 4.79 Å². The number of amides is 1. The summed E-state index contributed by atoms with van der Waals surface area (Å²) in [4.78, 5) is 16.7. The van der Waals surface area contributed by atoms with E-state index in [1.54, 1.807) is 12.1 Å². The zero-order chi connectivity index (χ0) is 18.5. The summed E-state index contributed by atoms with van der Waals surface area (Å²) in [6, 6.07) is 14.5. The highest BCUT2D eigenvalue weighted by Gasteiger charge is 2.20. The Balaban J connectivity index is 1.45. The molecule has 0 aromatic heterocycles. The molecule has 0 radical (unpaired) electrons. The van der Waals surface area contributed by atoms with Gasteiger partial charge in [-0.15, -0.1) is 0 Å². The Bertz CT molecular complexity index is 728. The number of hydrogen-bond acceptors (Lipinski definition) is 3. The van der Waals surface area contributed by atoms with Gasteiger partial charge in [0.15, 0.2) is 0 Å². The Morgan fingerprint density at radius 3 is 2.31 bits per heavy atom. The van der Waals surface area contributed by atoms with Crippen LogP contribution in [0.15, 0.2) is 53.0 Å². The largest absolute Gasteiger partial charge is 0.369 e. The third-order valence-corrected chi connectivity index (χ3v) is 5.21. The third-order valence-electron chi connectivity index (χ3n) is 4.68. The molecule has 1 aliphatic rings. The van der Waals surface area contributed by atoms with Gasteiger partial charge >= 0.3 is 0 Å². The molecule has 0 bridgehead atoms. The van der Waals surface area contributed by atoms with Gasteiger partial charge in [-0.1, -0.05) is 28.1 Å². The van der Waals surface area contributed by atoms with Crippen molar-refractivity contribution in [2.24, 2.45) is 0 Å². The van der Waals surface area contributed by atoms with Gasteiger partial charge in [0.2, 0.25) is 5.91 Å². The van der Waals surface area contributed by atoms with Crippen molar-refractivity contribution in [1.82, 2.24) is 10.2 Å². The molecule has 26 heavy (non-hydrogen) atoms. The minimum absolute atomic E-state index is 0.0175. The van der Waals surface area contributed by atoms with E-state index in [4.69, 9.17) is 0 Å². The van der Waals surface area contributed by atoms with E-state index in [2.05, 4.69) is 31.0 Å². The van der Waals surface area contributed by atoms with Crippen LogP contribution in [0.1, 0.15) is 18.5 Å². The van der Waals surface area contributed by atoms with Crippen LogP contribution in [0.2, 0.25) is 0 Å². The summed E-state index contributed by atoms with van der Waals surface area (Å²) in [6.45, 7) is 5.70. The lowest BCUT2D eigenvalue weighted by atomic mass is 10.1. The number of nitrogens with zero attached hydrogens (tertiary/aromatic N) is 2. The molecule has 138 valence electrons. The van der Waals surface area contributed by atoms with Crippen LogP contribution in [0.25, 0.3) is 0 Å². The Morgan fingerprint density at radius 1 is 1.08 bits per heavy atom. The summed E-state index contributed by atoms with van der Waals surface area (Å²) < 4.78 is 14.1. The highest BCUT2D eigenvalue weighted by molar-refractivity contribution is 9.10. The Hall–Kier alpha value is -1.92. The maximum atomic E-state index is 13.0. The fourth-order valence-electron chi connectivity index (χ4n) is 3.14. The Morgan fingerprint density at radius 2 is 1.69 bits per heavy atom. The number of carbonyl (C=O) groups is 1. The fraction of sp³-hybridized carbons (Fsp3) is 0.350. The molecule has 0 saturated carbocycles. The Labute approximate surface area is 162 Å². The first-order valence-electron chi connectivity index (χ1n) is 8.79. The second-order valence-electron chi connectivity index (χ2n) is 6.58. The van der Waals surface area contributed by atoms with Gasteiger partial charge in [-0.3, -0.25) is 9.69 Å². The fourth-order valence-corrected chi connectivity index (χ4v) is 3.41. The summed E-state index contributed by atoms with van der Waals surface area (Å²) in [6.07, 6.45) is 0. The molecule has 1 N–H and O–H groups in total. The summed E-state index contributed by atoms with van der Waals surface area (Å²) in [5.74, 6) is -0.181. The molecule has 6 heteroatoms. The van der Waals surface area contributed by atoms with Gasteiger partial charge in [0.25, 0.3) is 0 Å². The first-order valence-corrected chi connectivity index (χ1v) is 9.58. The van der Waals surface area contributed by atoms with Gasteiger partial charge in [-0.2, -0.15) is 0 Å². The van der Waals surface area contributed by atoms with Crippen molar-refractivity contribution < 1.29 is 9.18 Å². The number of rotatable bonds is 5. The SMILES string of the molecule is CC(NC(=O)CN1CCN(c2ccc(F)cc2)CC1)c1ccc(Br)cc1. The molecule has 1 fully saturated rings. The predicted octanol–water partition coefficient (Wildman–Crippen LogP) is 3.59. The van der Waals surface area contributed by atoms with E-state index in [-0.39, 0.29) is 17.8 Å². The highest BCUT2D eigenvalue weighted by atomic mass is 79.9. The molecule has 2 aromatic rings. The molecule has 1 atom stereocenters. The third kappa shape index (κ3) is 5.05. The lowest BCUT2D eigenvalue weighted by molar-refractivity contribution is -0.123. The van der Waals surface area contributed by atoms with Crippen molar-refractivity contribution in [3.63, 3.8) is 0 Å². The van der Waals surface area contributed by atoms with Crippen LogP contribution >= 0.6 is 15.9 Å². The first-order chi connectivity index (χ1) is 12.5. The predicted molar refractivity (Wildman–Crippen MR) is 106 cm³/mol. The van der Waals surface area contributed by atoms with E-state index < -0.39 is 0 Å². The Kier molecular flexibility index (Phi) is 6.27. The number of anilines is 1. The molecule has 4 nitrogen and oxygen atoms in total. The van der Waals surface area contributed by atoms with E-state index in [1.807, 2.05) is 31.2 Å². The molecule has 1 heterocycles. The molecule has 3 rings (SSSR count). The number of benzene rings is 2. The van der Waals surface area contributed by atoms with Gasteiger partial charge in [0.05, 0.1) is 12.6 Å². The van der Waals surface area contributed by atoms with E-state index >= 15 is 0 Å². The van der Waals surface area contributed by atoms with Crippen molar-refractivity contribution in [1.29, 1.82) is 0 Å². The standard InChI is InChI=1S/C20H23BrFN3O/c1-15(16-2-4-17(21)5-3-16)23-20(26)14-24-10-12-25(13-11-24)19-8-6-18(22)7-9-19/h2-9,15H,10-14H2,1H3,(H,23,26). The number of halogens is 2. The number of carbonyl (C=O) groups excluding carboxylic acids is 1. The quantitative estimate of drug-likeness (QED) is 0.803. The van der Waals surface area contributed by atoms with Crippen LogP contribution in [-0.4, -0.2) is 43.5 Å². The van der Waals surface area contributed by atoms with Gasteiger partial charge < -0.3 is 10.2 Å². The van der Waals surface area contributed by atoms with Crippen LogP contribution < -0.4 is 10.2 Å². The minimum atomic E-state index is -0.219. The van der Waals surface area contributed by atoms with Crippen molar-refractivity contribution in [3.8, 4) is 0 Å². The van der Waals surface area contributed by atoms with Crippen LogP contribution in [0.5, 0.6) is 0 Å². The van der Waals surface area contributed by atoms with Gasteiger partial charge in [-0.25, -0.2) is 4.39 Å². The molecule has 0 spiro atoms. The highest BCUT2D eigenvalue weighted by Crippen LogP contribution is 2.18. The second-order valence-corrected chi connectivity index (χ2v) is 7.50. The maximum absolute atomic E-state index is 13.0. The topological polar surface area (TPSA) is 35.6 Å². The van der Waals surface area contributed by atoms with Crippen LogP contribution in [0.4, 0.5) is 10.1 Å². The lowest BCUT2D eigenvalue weighted by Gasteiger charge is -2.35. The summed E-state index contributed by atoms with van der Waals surface area (Å²) in [5, 5.41) is 3.06. The second kappa shape index (κ2) is 8.64. The smallest absolute Gasteiger partial charge is 0.234 e. The van der Waals surface area contributed by atoms with Crippen molar-refractivity contribution in [2.75, 3.05) is 37.6 Å². The maximum Gasteiger partial charge on any atom is 0.234 e. The normalized spacial score (nSPS) is 16.3. The first kappa shape index (κ1) is 18.9.